The van der Waals surface area contributed by atoms with Gasteiger partial charge in [-0.2, -0.15) is 5.26 Å². The molecule has 0 radical (unpaired) electrons. The molecule has 0 aliphatic heterocycles. The third-order valence-corrected chi connectivity index (χ3v) is 3.10. The molecule has 0 bridgehead atoms. The summed E-state index contributed by atoms with van der Waals surface area (Å²) in [6, 6.07) is 2.24. The second-order valence-corrected chi connectivity index (χ2v) is 4.92. The summed E-state index contributed by atoms with van der Waals surface area (Å²) in [6.07, 6.45) is 4.77. The van der Waals surface area contributed by atoms with E-state index in [1.54, 1.807) is 0 Å². The molecule has 0 aromatic carbocycles. The van der Waals surface area contributed by atoms with Crippen LogP contribution in [-0.2, 0) is 9.53 Å². The summed E-state index contributed by atoms with van der Waals surface area (Å²) in [5.74, 6) is -0.116. The summed E-state index contributed by atoms with van der Waals surface area (Å²) >= 11 is 0. The number of nitriles is 1. The van der Waals surface area contributed by atoms with Gasteiger partial charge in [0.1, 0.15) is 5.41 Å². The number of nitrogens with zero attached hydrogens (tertiary/aromatic N) is 1. The monoisotopic (exact) mass is 268 g/mol. The third-order valence-electron chi connectivity index (χ3n) is 3.10. The minimum atomic E-state index is -0.840. The lowest BCUT2D eigenvalue weighted by Crippen LogP contribution is -2.40. The molecule has 4 heteroatoms. The predicted octanol–water partition coefficient (Wildman–Crippen LogP) is 3.03. The smallest absolute Gasteiger partial charge is 0.240 e. The molecule has 110 valence electrons. The van der Waals surface area contributed by atoms with Gasteiger partial charge in [0.05, 0.1) is 6.07 Å². The van der Waals surface area contributed by atoms with Crippen molar-refractivity contribution in [2.75, 3.05) is 19.8 Å². The molecule has 0 unspecified atom stereocenters. The highest BCUT2D eigenvalue weighted by Crippen LogP contribution is 2.29. The van der Waals surface area contributed by atoms with Crippen LogP contribution in [-0.4, -0.2) is 25.7 Å². The van der Waals surface area contributed by atoms with Crippen molar-refractivity contribution in [2.45, 2.75) is 59.3 Å². The first-order valence-corrected chi connectivity index (χ1v) is 7.44. The Morgan fingerprint density at radius 1 is 1.16 bits per heavy atom. The number of ether oxygens (including phenoxy) is 1. The van der Waals surface area contributed by atoms with E-state index in [1.165, 1.54) is 0 Å². The van der Waals surface area contributed by atoms with Gasteiger partial charge in [-0.1, -0.05) is 33.6 Å². The molecule has 0 aliphatic carbocycles. The van der Waals surface area contributed by atoms with Crippen molar-refractivity contribution < 1.29 is 9.53 Å². The van der Waals surface area contributed by atoms with E-state index >= 15 is 0 Å². The molecular weight excluding hydrogens is 240 g/mol. The highest BCUT2D eigenvalue weighted by molar-refractivity contribution is 5.85. The summed E-state index contributed by atoms with van der Waals surface area (Å²) in [5.41, 5.74) is -0.840. The Balaban J connectivity index is 4.15. The summed E-state index contributed by atoms with van der Waals surface area (Å²) in [6.45, 7) is 8.09. The minimum Gasteiger partial charge on any atom is -0.381 e. The van der Waals surface area contributed by atoms with E-state index in [2.05, 4.69) is 18.3 Å². The van der Waals surface area contributed by atoms with Crippen LogP contribution in [0.3, 0.4) is 0 Å². The molecule has 0 saturated heterocycles. The fourth-order valence-electron chi connectivity index (χ4n) is 2.16. The molecule has 0 atom stereocenters. The zero-order chi connectivity index (χ0) is 14.6. The maximum absolute atomic E-state index is 12.2. The molecule has 0 fully saturated rings. The molecule has 0 saturated carbocycles. The summed E-state index contributed by atoms with van der Waals surface area (Å²) in [4.78, 5) is 12.2. The van der Waals surface area contributed by atoms with Crippen molar-refractivity contribution in [1.29, 1.82) is 5.26 Å². The van der Waals surface area contributed by atoms with Gasteiger partial charge in [0, 0.05) is 19.8 Å². The van der Waals surface area contributed by atoms with Gasteiger partial charge in [-0.15, -0.1) is 0 Å². The van der Waals surface area contributed by atoms with Gasteiger partial charge in [0.15, 0.2) is 0 Å². The molecule has 0 rings (SSSR count). The molecule has 0 aromatic rings. The highest BCUT2D eigenvalue weighted by Gasteiger charge is 2.36. The highest BCUT2D eigenvalue weighted by atomic mass is 16.5. The molecule has 4 nitrogen and oxygen atoms in total. The Labute approximate surface area is 117 Å². The number of amides is 1. The first-order chi connectivity index (χ1) is 9.16. The predicted molar refractivity (Wildman–Crippen MR) is 76.6 cm³/mol. The lowest BCUT2D eigenvalue weighted by atomic mass is 9.80. The van der Waals surface area contributed by atoms with Crippen LogP contribution in [0.5, 0.6) is 0 Å². The van der Waals surface area contributed by atoms with Gasteiger partial charge in [-0.05, 0) is 25.7 Å². The molecule has 0 spiro atoms. The van der Waals surface area contributed by atoms with Crippen molar-refractivity contribution in [3.63, 3.8) is 0 Å². The van der Waals surface area contributed by atoms with Crippen LogP contribution in [0.15, 0.2) is 0 Å². The SMILES string of the molecule is CCCOCCCNC(=O)C(C#N)(CCC)CCC. The molecule has 0 aromatic heterocycles. The van der Waals surface area contributed by atoms with Crippen LogP contribution < -0.4 is 5.32 Å². The molecule has 0 aliphatic rings. The normalized spacial score (nSPS) is 11.1. The Bertz CT molecular complexity index is 278. The molecule has 1 amide bonds. The van der Waals surface area contributed by atoms with E-state index in [0.29, 0.717) is 26.0 Å². The van der Waals surface area contributed by atoms with Gasteiger partial charge >= 0.3 is 0 Å². The van der Waals surface area contributed by atoms with E-state index in [1.807, 2.05) is 13.8 Å². The van der Waals surface area contributed by atoms with Gasteiger partial charge in [0.2, 0.25) is 5.91 Å². The minimum absolute atomic E-state index is 0.116. The van der Waals surface area contributed by atoms with Crippen LogP contribution in [0.1, 0.15) is 59.3 Å². The number of carbonyl (C=O) groups is 1. The van der Waals surface area contributed by atoms with Gasteiger partial charge in [-0.25, -0.2) is 0 Å². The maximum Gasteiger partial charge on any atom is 0.240 e. The summed E-state index contributed by atoms with van der Waals surface area (Å²) < 4.78 is 5.36. The van der Waals surface area contributed by atoms with Crippen molar-refractivity contribution in [1.82, 2.24) is 5.32 Å². The van der Waals surface area contributed by atoms with Crippen molar-refractivity contribution in [2.24, 2.45) is 5.41 Å². The Morgan fingerprint density at radius 2 is 1.79 bits per heavy atom. The Kier molecular flexibility index (Phi) is 10.2. The summed E-state index contributed by atoms with van der Waals surface area (Å²) in [7, 11) is 0. The Morgan fingerprint density at radius 3 is 2.26 bits per heavy atom. The standard InChI is InChI=1S/C15H28N2O2/c1-4-8-15(13-16,9-5-2)14(18)17-10-7-12-19-11-6-3/h4-12H2,1-3H3,(H,17,18). The first kappa shape index (κ1) is 17.9. The second kappa shape index (κ2) is 10.8. The van der Waals surface area contributed by atoms with Crippen LogP contribution >= 0.6 is 0 Å². The second-order valence-electron chi connectivity index (χ2n) is 4.92. The maximum atomic E-state index is 12.2. The van der Waals surface area contributed by atoms with Crippen LogP contribution in [0.2, 0.25) is 0 Å². The number of rotatable bonds is 11. The van der Waals surface area contributed by atoms with Crippen molar-refractivity contribution in [3.8, 4) is 6.07 Å². The first-order valence-electron chi connectivity index (χ1n) is 7.44. The summed E-state index contributed by atoms with van der Waals surface area (Å²) in [5, 5.41) is 12.2. The number of nitrogens with one attached hydrogen (secondary N) is 1. The van der Waals surface area contributed by atoms with Gasteiger partial charge < -0.3 is 10.1 Å². The van der Waals surface area contributed by atoms with Gasteiger partial charge in [0.25, 0.3) is 0 Å². The van der Waals surface area contributed by atoms with Crippen LogP contribution in [0, 0.1) is 16.7 Å². The van der Waals surface area contributed by atoms with E-state index in [0.717, 1.165) is 32.3 Å². The van der Waals surface area contributed by atoms with E-state index in [4.69, 9.17) is 4.74 Å². The molecule has 19 heavy (non-hydrogen) atoms. The van der Waals surface area contributed by atoms with Gasteiger partial charge in [-0.3, -0.25) is 4.79 Å². The number of hydrogen-bond donors (Lipinski definition) is 1. The zero-order valence-electron chi connectivity index (χ0n) is 12.6. The average Bonchev–Trinajstić information content (AvgIpc) is 2.42. The number of hydrogen-bond acceptors (Lipinski definition) is 3. The van der Waals surface area contributed by atoms with Crippen LogP contribution in [0.25, 0.3) is 0 Å². The van der Waals surface area contributed by atoms with E-state index in [-0.39, 0.29) is 5.91 Å². The van der Waals surface area contributed by atoms with Crippen LogP contribution in [0.4, 0.5) is 0 Å². The lowest BCUT2D eigenvalue weighted by molar-refractivity contribution is -0.129. The largest absolute Gasteiger partial charge is 0.381 e. The fraction of sp³-hybridized carbons (Fsp3) is 0.867. The fourth-order valence-corrected chi connectivity index (χ4v) is 2.16. The Hall–Kier alpha value is -1.08. The lowest BCUT2D eigenvalue weighted by Gasteiger charge is -2.24. The molecule has 0 heterocycles. The van der Waals surface area contributed by atoms with E-state index in [9.17, 15) is 10.1 Å². The van der Waals surface area contributed by atoms with E-state index < -0.39 is 5.41 Å². The van der Waals surface area contributed by atoms with Crippen molar-refractivity contribution in [3.05, 3.63) is 0 Å². The quantitative estimate of drug-likeness (QED) is 0.586. The third kappa shape index (κ3) is 6.58. The number of carbonyl (C=O) groups excluding carboxylic acids is 1. The van der Waals surface area contributed by atoms with Crippen molar-refractivity contribution >= 4 is 5.91 Å². The zero-order valence-corrected chi connectivity index (χ0v) is 12.6. The average molecular weight is 268 g/mol. The molecule has 1 N–H and O–H groups in total. The molecular formula is C15H28N2O2. The topological polar surface area (TPSA) is 62.1 Å².